The standard InChI is InChI=1S/C17H19NO2S/c19-11-13-7-4-8-15(13)18-17(20)16-14(9-10-21-16)12-5-2-1-3-6-12/h1-3,5-6,9-10,13,15,19H,4,7-8,11H2,(H,18,20). The molecule has 0 aliphatic heterocycles. The van der Waals surface area contributed by atoms with Crippen molar-refractivity contribution in [2.75, 3.05) is 6.61 Å². The fourth-order valence-corrected chi connectivity index (χ4v) is 3.83. The van der Waals surface area contributed by atoms with Crippen LogP contribution in [0, 0.1) is 5.92 Å². The van der Waals surface area contributed by atoms with Crippen molar-refractivity contribution in [3.8, 4) is 11.1 Å². The van der Waals surface area contributed by atoms with Crippen LogP contribution in [0.2, 0.25) is 0 Å². The first-order valence-corrected chi connectivity index (χ1v) is 8.22. The predicted octanol–water partition coefficient (Wildman–Crippen LogP) is 3.31. The van der Waals surface area contributed by atoms with Crippen molar-refractivity contribution in [2.45, 2.75) is 25.3 Å². The molecule has 110 valence electrons. The normalized spacial score (nSPS) is 21.4. The number of aliphatic hydroxyl groups excluding tert-OH is 1. The van der Waals surface area contributed by atoms with Crippen molar-refractivity contribution < 1.29 is 9.90 Å². The molecule has 2 aromatic rings. The Morgan fingerprint density at radius 1 is 1.24 bits per heavy atom. The largest absolute Gasteiger partial charge is 0.396 e. The van der Waals surface area contributed by atoms with E-state index in [1.165, 1.54) is 11.3 Å². The molecule has 2 atom stereocenters. The van der Waals surface area contributed by atoms with Gasteiger partial charge in [-0.2, -0.15) is 0 Å². The number of hydrogen-bond donors (Lipinski definition) is 2. The third-order valence-corrected chi connectivity index (χ3v) is 5.08. The molecule has 1 saturated carbocycles. The van der Waals surface area contributed by atoms with Gasteiger partial charge in [0.1, 0.15) is 0 Å². The molecule has 1 heterocycles. The molecule has 3 rings (SSSR count). The maximum Gasteiger partial charge on any atom is 0.262 e. The molecule has 1 aromatic carbocycles. The lowest BCUT2D eigenvalue weighted by Gasteiger charge is -2.19. The first-order valence-electron chi connectivity index (χ1n) is 7.34. The summed E-state index contributed by atoms with van der Waals surface area (Å²) in [4.78, 5) is 13.3. The van der Waals surface area contributed by atoms with Crippen molar-refractivity contribution >= 4 is 17.2 Å². The van der Waals surface area contributed by atoms with E-state index in [4.69, 9.17) is 0 Å². The molecule has 0 spiro atoms. The van der Waals surface area contributed by atoms with Gasteiger partial charge in [0, 0.05) is 24.1 Å². The van der Waals surface area contributed by atoms with Crippen molar-refractivity contribution in [3.05, 3.63) is 46.7 Å². The summed E-state index contributed by atoms with van der Waals surface area (Å²) in [5.41, 5.74) is 2.05. The second-order valence-corrected chi connectivity index (χ2v) is 6.40. The number of rotatable bonds is 4. The van der Waals surface area contributed by atoms with Crippen LogP contribution in [0.5, 0.6) is 0 Å². The van der Waals surface area contributed by atoms with E-state index in [-0.39, 0.29) is 24.5 Å². The molecule has 1 amide bonds. The minimum absolute atomic E-state index is 0.0193. The molecule has 2 N–H and O–H groups in total. The average molecular weight is 301 g/mol. The van der Waals surface area contributed by atoms with Crippen molar-refractivity contribution in [3.63, 3.8) is 0 Å². The number of thiophene rings is 1. The van der Waals surface area contributed by atoms with Crippen molar-refractivity contribution in [1.29, 1.82) is 0 Å². The highest BCUT2D eigenvalue weighted by Crippen LogP contribution is 2.30. The van der Waals surface area contributed by atoms with Gasteiger partial charge >= 0.3 is 0 Å². The second kappa shape index (κ2) is 6.41. The Hall–Kier alpha value is -1.65. The van der Waals surface area contributed by atoms with E-state index < -0.39 is 0 Å². The van der Waals surface area contributed by atoms with Crippen LogP contribution in [-0.4, -0.2) is 23.7 Å². The molecule has 4 heteroatoms. The van der Waals surface area contributed by atoms with Gasteiger partial charge in [-0.25, -0.2) is 0 Å². The van der Waals surface area contributed by atoms with E-state index in [1.807, 2.05) is 41.8 Å². The van der Waals surface area contributed by atoms with Crippen LogP contribution in [0.3, 0.4) is 0 Å². The Morgan fingerprint density at radius 3 is 2.81 bits per heavy atom. The Morgan fingerprint density at radius 2 is 2.05 bits per heavy atom. The molecule has 1 aliphatic carbocycles. The topological polar surface area (TPSA) is 49.3 Å². The smallest absolute Gasteiger partial charge is 0.262 e. The van der Waals surface area contributed by atoms with E-state index in [1.54, 1.807) is 0 Å². The van der Waals surface area contributed by atoms with Gasteiger partial charge in [0.2, 0.25) is 0 Å². The molecule has 1 fully saturated rings. The zero-order chi connectivity index (χ0) is 14.7. The number of carbonyl (C=O) groups is 1. The summed E-state index contributed by atoms with van der Waals surface area (Å²) in [6.07, 6.45) is 3.03. The molecule has 0 radical (unpaired) electrons. The highest BCUT2D eigenvalue weighted by atomic mass is 32.1. The van der Waals surface area contributed by atoms with E-state index in [2.05, 4.69) is 5.32 Å². The highest BCUT2D eigenvalue weighted by Gasteiger charge is 2.29. The van der Waals surface area contributed by atoms with Crippen molar-refractivity contribution in [1.82, 2.24) is 5.32 Å². The zero-order valence-electron chi connectivity index (χ0n) is 11.8. The Labute approximate surface area is 128 Å². The second-order valence-electron chi connectivity index (χ2n) is 5.48. The summed E-state index contributed by atoms with van der Waals surface area (Å²) in [7, 11) is 0. The number of carbonyl (C=O) groups excluding carboxylic acids is 1. The summed E-state index contributed by atoms with van der Waals surface area (Å²) in [5.74, 6) is 0.184. The maximum absolute atomic E-state index is 12.5. The molecular weight excluding hydrogens is 282 g/mol. The average Bonchev–Trinajstić information content (AvgIpc) is 3.16. The maximum atomic E-state index is 12.5. The summed E-state index contributed by atoms with van der Waals surface area (Å²) in [6.45, 7) is 0.154. The third-order valence-electron chi connectivity index (χ3n) is 4.17. The van der Waals surface area contributed by atoms with Gasteiger partial charge in [-0.05, 0) is 29.9 Å². The van der Waals surface area contributed by atoms with Crippen LogP contribution in [0.25, 0.3) is 11.1 Å². The lowest BCUT2D eigenvalue weighted by molar-refractivity contribution is 0.0921. The Kier molecular flexibility index (Phi) is 4.36. The van der Waals surface area contributed by atoms with E-state index in [9.17, 15) is 9.90 Å². The van der Waals surface area contributed by atoms with Gasteiger partial charge in [0.05, 0.1) is 4.88 Å². The van der Waals surface area contributed by atoms with Crippen LogP contribution >= 0.6 is 11.3 Å². The first-order chi connectivity index (χ1) is 10.3. The van der Waals surface area contributed by atoms with E-state index in [0.29, 0.717) is 0 Å². The number of nitrogens with one attached hydrogen (secondary N) is 1. The number of amides is 1. The Balaban J connectivity index is 1.78. The lowest BCUT2D eigenvalue weighted by Crippen LogP contribution is -2.38. The van der Waals surface area contributed by atoms with Crippen LogP contribution in [0.4, 0.5) is 0 Å². The van der Waals surface area contributed by atoms with Gasteiger partial charge < -0.3 is 10.4 Å². The minimum atomic E-state index is -0.0193. The number of aliphatic hydroxyl groups is 1. The number of hydrogen-bond acceptors (Lipinski definition) is 3. The molecule has 1 aliphatic rings. The monoisotopic (exact) mass is 301 g/mol. The zero-order valence-corrected chi connectivity index (χ0v) is 12.6. The first kappa shape index (κ1) is 14.3. The highest BCUT2D eigenvalue weighted by molar-refractivity contribution is 7.12. The molecule has 0 bridgehead atoms. The van der Waals surface area contributed by atoms with Crippen LogP contribution < -0.4 is 5.32 Å². The van der Waals surface area contributed by atoms with Crippen LogP contribution in [0.1, 0.15) is 28.9 Å². The predicted molar refractivity (Wildman–Crippen MR) is 85.4 cm³/mol. The fraction of sp³-hybridized carbons (Fsp3) is 0.353. The summed E-state index contributed by atoms with van der Waals surface area (Å²) in [5, 5.41) is 14.4. The third kappa shape index (κ3) is 3.01. The van der Waals surface area contributed by atoms with E-state index >= 15 is 0 Å². The molecule has 21 heavy (non-hydrogen) atoms. The quantitative estimate of drug-likeness (QED) is 0.910. The van der Waals surface area contributed by atoms with Gasteiger partial charge in [-0.1, -0.05) is 36.8 Å². The van der Waals surface area contributed by atoms with Gasteiger partial charge in [0.25, 0.3) is 5.91 Å². The summed E-state index contributed by atoms with van der Waals surface area (Å²) in [6, 6.07) is 12.1. The molecular formula is C17H19NO2S. The van der Waals surface area contributed by atoms with E-state index in [0.717, 1.165) is 35.3 Å². The fourth-order valence-electron chi connectivity index (χ4n) is 3.01. The Bertz CT molecular complexity index is 608. The van der Waals surface area contributed by atoms with Crippen LogP contribution in [-0.2, 0) is 0 Å². The SMILES string of the molecule is O=C(NC1CCCC1CO)c1sccc1-c1ccccc1. The lowest BCUT2D eigenvalue weighted by atomic mass is 10.0. The van der Waals surface area contributed by atoms with Crippen molar-refractivity contribution in [2.24, 2.45) is 5.92 Å². The molecule has 3 nitrogen and oxygen atoms in total. The molecule has 1 aromatic heterocycles. The van der Waals surface area contributed by atoms with Gasteiger partial charge in [0.15, 0.2) is 0 Å². The molecule has 0 saturated heterocycles. The number of benzene rings is 1. The summed E-state index contributed by atoms with van der Waals surface area (Å²) < 4.78 is 0. The van der Waals surface area contributed by atoms with Gasteiger partial charge in [-0.3, -0.25) is 4.79 Å². The van der Waals surface area contributed by atoms with Gasteiger partial charge in [-0.15, -0.1) is 11.3 Å². The summed E-state index contributed by atoms with van der Waals surface area (Å²) >= 11 is 1.47. The molecule has 2 unspecified atom stereocenters. The van der Waals surface area contributed by atoms with Crippen LogP contribution in [0.15, 0.2) is 41.8 Å². The minimum Gasteiger partial charge on any atom is -0.396 e.